The molecule has 0 spiro atoms. The van der Waals surface area contributed by atoms with Crippen LogP contribution >= 0.6 is 0 Å². The van der Waals surface area contributed by atoms with Crippen LogP contribution in [0.5, 0.6) is 0 Å². The minimum atomic E-state index is -3.71. The van der Waals surface area contributed by atoms with E-state index in [-0.39, 0.29) is 22.2 Å². The molecule has 20 heavy (non-hydrogen) atoms. The number of piperidine rings is 1. The van der Waals surface area contributed by atoms with Crippen LogP contribution in [0.1, 0.15) is 5.56 Å². The van der Waals surface area contributed by atoms with Crippen LogP contribution in [-0.4, -0.2) is 32.5 Å². The van der Waals surface area contributed by atoms with Crippen LogP contribution in [0.25, 0.3) is 0 Å². The minimum Gasteiger partial charge on any atom is -0.316 e. The molecule has 0 bridgehead atoms. The van der Waals surface area contributed by atoms with E-state index in [0.29, 0.717) is 11.8 Å². The third-order valence-electron chi connectivity index (χ3n) is 4.12. The second-order valence-corrected chi connectivity index (χ2v) is 6.97. The normalized spacial score (nSPS) is 28.1. The Hall–Kier alpha value is -1.51. The number of rotatable bonds is 4. The van der Waals surface area contributed by atoms with Gasteiger partial charge in [-0.15, -0.1) is 0 Å². The Bertz CT molecular complexity index is 663. The lowest BCUT2D eigenvalue weighted by Gasteiger charge is -2.11. The standard InChI is InChI=1S/C12H15N3O4S/c1-7-10(15(16)17)3-2-4-11(7)20(18,19)14-12-8-5-13-6-9(8)12/h2-4,8-9,12-14H,5-6H2,1H3. The predicted octanol–water partition coefficient (Wildman–Crippen LogP) is 0.399. The van der Waals surface area contributed by atoms with Gasteiger partial charge in [0.25, 0.3) is 5.69 Å². The third kappa shape index (κ3) is 2.09. The molecule has 7 nitrogen and oxygen atoms in total. The van der Waals surface area contributed by atoms with Crippen LogP contribution in [0.15, 0.2) is 23.1 Å². The monoisotopic (exact) mass is 297 g/mol. The topological polar surface area (TPSA) is 101 Å². The van der Waals surface area contributed by atoms with Crippen molar-refractivity contribution in [1.29, 1.82) is 0 Å². The van der Waals surface area contributed by atoms with Gasteiger partial charge >= 0.3 is 0 Å². The van der Waals surface area contributed by atoms with E-state index in [4.69, 9.17) is 0 Å². The molecule has 1 saturated heterocycles. The molecule has 1 aromatic carbocycles. The quantitative estimate of drug-likeness (QED) is 0.619. The van der Waals surface area contributed by atoms with Gasteiger partial charge in [-0.1, -0.05) is 6.07 Å². The Kier molecular flexibility index (Phi) is 3.03. The Balaban J connectivity index is 1.88. The van der Waals surface area contributed by atoms with Crippen molar-refractivity contribution >= 4 is 15.7 Å². The first kappa shape index (κ1) is 13.5. The molecule has 2 aliphatic rings. The molecule has 8 heteroatoms. The number of nitro benzene ring substituents is 1. The largest absolute Gasteiger partial charge is 0.316 e. The fourth-order valence-corrected chi connectivity index (χ4v) is 4.53. The van der Waals surface area contributed by atoms with Gasteiger partial charge in [-0.3, -0.25) is 10.1 Å². The van der Waals surface area contributed by atoms with Crippen LogP contribution in [-0.2, 0) is 10.0 Å². The molecule has 1 saturated carbocycles. The smallest absolute Gasteiger partial charge is 0.273 e. The average Bonchev–Trinajstić information content (AvgIpc) is 2.83. The summed E-state index contributed by atoms with van der Waals surface area (Å²) in [5.74, 6) is 0.701. The molecule has 2 fully saturated rings. The highest BCUT2D eigenvalue weighted by Crippen LogP contribution is 2.42. The summed E-state index contributed by atoms with van der Waals surface area (Å²) in [7, 11) is -3.71. The maximum atomic E-state index is 12.4. The minimum absolute atomic E-state index is 0.00960. The summed E-state index contributed by atoms with van der Waals surface area (Å²) in [4.78, 5) is 10.3. The third-order valence-corrected chi connectivity index (χ3v) is 5.73. The molecule has 1 aromatic rings. The first-order valence-corrected chi connectivity index (χ1v) is 7.87. The molecular formula is C12H15N3O4S. The van der Waals surface area contributed by atoms with E-state index in [2.05, 4.69) is 10.0 Å². The molecule has 3 rings (SSSR count). The van der Waals surface area contributed by atoms with Crippen molar-refractivity contribution in [2.45, 2.75) is 17.9 Å². The van der Waals surface area contributed by atoms with Gasteiger partial charge in [-0.05, 0) is 37.9 Å². The zero-order valence-corrected chi connectivity index (χ0v) is 11.7. The molecule has 1 aliphatic heterocycles. The first-order valence-electron chi connectivity index (χ1n) is 6.39. The van der Waals surface area contributed by atoms with E-state index < -0.39 is 14.9 Å². The van der Waals surface area contributed by atoms with Gasteiger partial charge in [-0.2, -0.15) is 0 Å². The number of hydrogen-bond acceptors (Lipinski definition) is 5. The van der Waals surface area contributed by atoms with Gasteiger partial charge in [0, 0.05) is 17.7 Å². The highest BCUT2D eigenvalue weighted by atomic mass is 32.2. The predicted molar refractivity (Wildman–Crippen MR) is 71.8 cm³/mol. The molecule has 1 aliphatic carbocycles. The molecular weight excluding hydrogens is 282 g/mol. The average molecular weight is 297 g/mol. The highest BCUT2D eigenvalue weighted by molar-refractivity contribution is 7.89. The van der Waals surface area contributed by atoms with Gasteiger partial charge in [0.2, 0.25) is 10.0 Å². The van der Waals surface area contributed by atoms with Gasteiger partial charge < -0.3 is 5.32 Å². The number of fused-ring (bicyclic) bond motifs is 1. The Morgan fingerprint density at radius 3 is 2.60 bits per heavy atom. The van der Waals surface area contributed by atoms with E-state index in [1.165, 1.54) is 25.1 Å². The molecule has 1 heterocycles. The van der Waals surface area contributed by atoms with E-state index in [0.717, 1.165) is 13.1 Å². The van der Waals surface area contributed by atoms with Crippen molar-refractivity contribution < 1.29 is 13.3 Å². The van der Waals surface area contributed by atoms with Crippen molar-refractivity contribution in [1.82, 2.24) is 10.0 Å². The zero-order valence-electron chi connectivity index (χ0n) is 10.9. The fraction of sp³-hybridized carbons (Fsp3) is 0.500. The van der Waals surface area contributed by atoms with Crippen LogP contribution in [0.3, 0.4) is 0 Å². The molecule has 2 atom stereocenters. The summed E-state index contributed by atoms with van der Waals surface area (Å²) < 4.78 is 27.4. The number of nitrogens with one attached hydrogen (secondary N) is 2. The Labute approximate surface area is 116 Å². The molecule has 108 valence electrons. The van der Waals surface area contributed by atoms with Crippen LogP contribution in [0, 0.1) is 28.9 Å². The van der Waals surface area contributed by atoms with Crippen LogP contribution in [0.4, 0.5) is 5.69 Å². The summed E-state index contributed by atoms with van der Waals surface area (Å²) in [6, 6.07) is 4.07. The number of hydrogen-bond donors (Lipinski definition) is 2. The number of benzene rings is 1. The van der Waals surface area contributed by atoms with Crippen LogP contribution < -0.4 is 10.0 Å². The van der Waals surface area contributed by atoms with Crippen molar-refractivity contribution in [3.8, 4) is 0 Å². The lowest BCUT2D eigenvalue weighted by molar-refractivity contribution is -0.385. The van der Waals surface area contributed by atoms with Crippen molar-refractivity contribution in [2.75, 3.05) is 13.1 Å². The fourth-order valence-electron chi connectivity index (χ4n) is 2.93. The van der Waals surface area contributed by atoms with E-state index >= 15 is 0 Å². The Morgan fingerprint density at radius 1 is 1.35 bits per heavy atom. The lowest BCUT2D eigenvalue weighted by Crippen LogP contribution is -2.33. The summed E-state index contributed by atoms with van der Waals surface area (Å²) in [5, 5.41) is 14.1. The first-order chi connectivity index (χ1) is 9.42. The van der Waals surface area contributed by atoms with Gasteiger partial charge in [-0.25, -0.2) is 13.1 Å². The van der Waals surface area contributed by atoms with Crippen molar-refractivity contribution in [3.05, 3.63) is 33.9 Å². The van der Waals surface area contributed by atoms with Crippen molar-refractivity contribution in [2.24, 2.45) is 11.8 Å². The number of nitro groups is 1. The van der Waals surface area contributed by atoms with Crippen LogP contribution in [0.2, 0.25) is 0 Å². The molecule has 2 N–H and O–H groups in total. The van der Waals surface area contributed by atoms with Gasteiger partial charge in [0.15, 0.2) is 0 Å². The highest BCUT2D eigenvalue weighted by Gasteiger charge is 2.54. The molecule has 0 aromatic heterocycles. The Morgan fingerprint density at radius 2 is 2.00 bits per heavy atom. The maximum Gasteiger partial charge on any atom is 0.273 e. The molecule has 0 radical (unpaired) electrons. The van der Waals surface area contributed by atoms with E-state index in [1.54, 1.807) is 0 Å². The second-order valence-electron chi connectivity index (χ2n) is 5.29. The maximum absolute atomic E-state index is 12.4. The van der Waals surface area contributed by atoms with E-state index in [1.807, 2.05) is 0 Å². The van der Waals surface area contributed by atoms with Gasteiger partial charge in [0.05, 0.1) is 9.82 Å². The van der Waals surface area contributed by atoms with E-state index in [9.17, 15) is 18.5 Å². The lowest BCUT2D eigenvalue weighted by atomic mass is 10.2. The SMILES string of the molecule is Cc1c([N+](=O)[O-])cccc1S(=O)(=O)NC1C2CNCC21. The second kappa shape index (κ2) is 4.51. The summed E-state index contributed by atoms with van der Waals surface area (Å²) in [5.41, 5.74) is -0.000493. The molecule has 0 amide bonds. The zero-order chi connectivity index (χ0) is 14.5. The number of sulfonamides is 1. The van der Waals surface area contributed by atoms with Crippen molar-refractivity contribution in [3.63, 3.8) is 0 Å². The summed E-state index contributed by atoms with van der Waals surface area (Å²) in [6.07, 6.45) is 0. The summed E-state index contributed by atoms with van der Waals surface area (Å²) >= 11 is 0. The van der Waals surface area contributed by atoms with Gasteiger partial charge in [0.1, 0.15) is 0 Å². The molecule has 2 unspecified atom stereocenters. The summed E-state index contributed by atoms with van der Waals surface area (Å²) in [6.45, 7) is 3.11. The number of nitrogens with zero attached hydrogens (tertiary/aromatic N) is 1.